The lowest BCUT2D eigenvalue weighted by molar-refractivity contribution is 0.621. The van der Waals surface area contributed by atoms with Gasteiger partial charge in [-0.15, -0.1) is 0 Å². The molecule has 0 saturated heterocycles. The zero-order valence-electron chi connectivity index (χ0n) is 10.1. The normalized spacial score (nSPS) is 10.6. The number of hydrogen-bond acceptors (Lipinski definition) is 1. The van der Waals surface area contributed by atoms with Crippen molar-refractivity contribution in [3.05, 3.63) is 61.8 Å². The molecule has 1 N–H and O–H groups in total. The van der Waals surface area contributed by atoms with Gasteiger partial charge in [0.25, 0.3) is 0 Å². The van der Waals surface area contributed by atoms with Crippen LogP contribution >= 0.6 is 39.1 Å². The molecule has 0 heterocycles. The second kappa shape index (κ2) is 6.12. The van der Waals surface area contributed by atoms with Crippen molar-refractivity contribution < 1.29 is 4.39 Å². The maximum Gasteiger partial charge on any atom is 0.139 e. The minimum Gasteiger partial charge on any atom is -0.381 e. The largest absolute Gasteiger partial charge is 0.381 e. The minimum atomic E-state index is -0.296. The van der Waals surface area contributed by atoms with Crippen molar-refractivity contribution in [3.8, 4) is 0 Å². The molecule has 1 nitrogen and oxygen atoms in total. The molecule has 0 aliphatic carbocycles. The summed E-state index contributed by atoms with van der Waals surface area (Å²) in [6, 6.07) is 8.52. The SMILES string of the molecule is Cc1cc(Br)c(F)cc1NCc1ccc(Cl)cc1Cl. The van der Waals surface area contributed by atoms with Crippen LogP contribution in [0.1, 0.15) is 11.1 Å². The number of halogens is 4. The lowest BCUT2D eigenvalue weighted by atomic mass is 10.1. The van der Waals surface area contributed by atoms with Crippen molar-refractivity contribution in [1.82, 2.24) is 0 Å². The molecule has 0 aromatic heterocycles. The summed E-state index contributed by atoms with van der Waals surface area (Å²) in [6.45, 7) is 2.42. The highest BCUT2D eigenvalue weighted by molar-refractivity contribution is 9.10. The average Bonchev–Trinajstić information content (AvgIpc) is 2.34. The highest BCUT2D eigenvalue weighted by Crippen LogP contribution is 2.26. The van der Waals surface area contributed by atoms with Crippen LogP contribution in [0.2, 0.25) is 10.0 Å². The first kappa shape index (κ1) is 14.6. The third-order valence-electron chi connectivity index (χ3n) is 2.75. The maximum atomic E-state index is 13.5. The quantitative estimate of drug-likeness (QED) is 0.725. The number of hydrogen-bond donors (Lipinski definition) is 1. The summed E-state index contributed by atoms with van der Waals surface area (Å²) in [7, 11) is 0. The van der Waals surface area contributed by atoms with Crippen molar-refractivity contribution >= 4 is 44.8 Å². The summed E-state index contributed by atoms with van der Waals surface area (Å²) in [5.41, 5.74) is 2.61. The monoisotopic (exact) mass is 361 g/mol. The van der Waals surface area contributed by atoms with Gasteiger partial charge in [-0.05, 0) is 58.2 Å². The lowest BCUT2D eigenvalue weighted by Gasteiger charge is -2.11. The molecule has 0 fully saturated rings. The van der Waals surface area contributed by atoms with Gasteiger partial charge in [-0.1, -0.05) is 29.3 Å². The van der Waals surface area contributed by atoms with E-state index in [-0.39, 0.29) is 5.82 Å². The van der Waals surface area contributed by atoms with Crippen LogP contribution in [0.3, 0.4) is 0 Å². The molecule has 0 saturated carbocycles. The number of anilines is 1. The van der Waals surface area contributed by atoms with E-state index >= 15 is 0 Å². The zero-order valence-corrected chi connectivity index (χ0v) is 13.2. The van der Waals surface area contributed by atoms with E-state index in [1.165, 1.54) is 6.07 Å². The van der Waals surface area contributed by atoms with Gasteiger partial charge in [-0.25, -0.2) is 4.39 Å². The summed E-state index contributed by atoms with van der Waals surface area (Å²) in [6.07, 6.45) is 0. The minimum absolute atomic E-state index is 0.296. The number of aryl methyl sites for hydroxylation is 1. The second-order valence-electron chi connectivity index (χ2n) is 4.17. The third-order valence-corrected chi connectivity index (χ3v) is 3.95. The Morgan fingerprint density at radius 1 is 1.21 bits per heavy atom. The summed E-state index contributed by atoms with van der Waals surface area (Å²) >= 11 is 15.1. The fourth-order valence-corrected chi connectivity index (χ4v) is 2.63. The maximum absolute atomic E-state index is 13.5. The Morgan fingerprint density at radius 2 is 1.95 bits per heavy atom. The van der Waals surface area contributed by atoms with Gasteiger partial charge in [-0.2, -0.15) is 0 Å². The Hall–Kier alpha value is -0.770. The van der Waals surface area contributed by atoms with E-state index in [1.807, 2.05) is 13.0 Å². The smallest absolute Gasteiger partial charge is 0.139 e. The molecule has 0 unspecified atom stereocenters. The predicted molar refractivity (Wildman–Crippen MR) is 82.6 cm³/mol. The van der Waals surface area contributed by atoms with Crippen molar-refractivity contribution in [2.24, 2.45) is 0 Å². The van der Waals surface area contributed by atoms with Gasteiger partial charge in [-0.3, -0.25) is 0 Å². The third kappa shape index (κ3) is 3.62. The van der Waals surface area contributed by atoms with E-state index in [0.29, 0.717) is 21.1 Å². The molecule has 0 bridgehead atoms. The van der Waals surface area contributed by atoms with Crippen LogP contribution in [0.15, 0.2) is 34.8 Å². The van der Waals surface area contributed by atoms with Crippen molar-refractivity contribution in [2.45, 2.75) is 13.5 Å². The van der Waals surface area contributed by atoms with Gasteiger partial charge in [0.2, 0.25) is 0 Å². The Kier molecular flexibility index (Phi) is 4.71. The Morgan fingerprint density at radius 3 is 2.63 bits per heavy atom. The average molecular weight is 363 g/mol. The van der Waals surface area contributed by atoms with E-state index < -0.39 is 0 Å². The fourth-order valence-electron chi connectivity index (χ4n) is 1.69. The van der Waals surface area contributed by atoms with Gasteiger partial charge in [0.1, 0.15) is 5.82 Å². The molecule has 2 aromatic carbocycles. The first-order chi connectivity index (χ1) is 8.97. The molecule has 100 valence electrons. The highest BCUT2D eigenvalue weighted by atomic mass is 79.9. The zero-order chi connectivity index (χ0) is 14.0. The van der Waals surface area contributed by atoms with E-state index in [1.54, 1.807) is 18.2 Å². The van der Waals surface area contributed by atoms with E-state index in [0.717, 1.165) is 16.8 Å². The van der Waals surface area contributed by atoms with Crippen molar-refractivity contribution in [3.63, 3.8) is 0 Å². The molecule has 0 atom stereocenters. The predicted octanol–water partition coefficient (Wildman–Crippen LogP) is 5.82. The van der Waals surface area contributed by atoms with E-state index in [2.05, 4.69) is 21.2 Å². The molecular weight excluding hydrogens is 352 g/mol. The van der Waals surface area contributed by atoms with E-state index in [4.69, 9.17) is 23.2 Å². The van der Waals surface area contributed by atoms with Gasteiger partial charge < -0.3 is 5.32 Å². The summed E-state index contributed by atoms with van der Waals surface area (Å²) in [5.74, 6) is -0.296. The van der Waals surface area contributed by atoms with Gasteiger partial charge in [0, 0.05) is 22.3 Å². The first-order valence-electron chi connectivity index (χ1n) is 5.61. The van der Waals surface area contributed by atoms with Gasteiger partial charge in [0.05, 0.1) is 4.47 Å². The topological polar surface area (TPSA) is 12.0 Å². The van der Waals surface area contributed by atoms with Crippen molar-refractivity contribution in [1.29, 1.82) is 0 Å². The molecule has 2 aromatic rings. The Bertz CT molecular complexity index is 617. The number of nitrogens with one attached hydrogen (secondary N) is 1. The molecule has 0 radical (unpaired) electrons. The summed E-state index contributed by atoms with van der Waals surface area (Å²) in [4.78, 5) is 0. The van der Waals surface area contributed by atoms with Crippen LogP contribution < -0.4 is 5.32 Å². The van der Waals surface area contributed by atoms with Crippen LogP contribution in [0, 0.1) is 12.7 Å². The van der Waals surface area contributed by atoms with Crippen LogP contribution in [-0.2, 0) is 6.54 Å². The molecule has 0 amide bonds. The molecule has 0 spiro atoms. The van der Waals surface area contributed by atoms with Crippen LogP contribution in [0.5, 0.6) is 0 Å². The Balaban J connectivity index is 2.16. The van der Waals surface area contributed by atoms with Gasteiger partial charge >= 0.3 is 0 Å². The number of rotatable bonds is 3. The fraction of sp³-hybridized carbons (Fsp3) is 0.143. The van der Waals surface area contributed by atoms with Crippen LogP contribution in [0.4, 0.5) is 10.1 Å². The van der Waals surface area contributed by atoms with Crippen molar-refractivity contribution in [2.75, 3.05) is 5.32 Å². The highest BCUT2D eigenvalue weighted by Gasteiger charge is 2.06. The van der Waals surface area contributed by atoms with Crippen LogP contribution in [-0.4, -0.2) is 0 Å². The summed E-state index contributed by atoms with van der Waals surface area (Å²) in [5, 5.41) is 4.36. The second-order valence-corrected chi connectivity index (χ2v) is 5.87. The molecule has 0 aliphatic heterocycles. The first-order valence-corrected chi connectivity index (χ1v) is 7.15. The summed E-state index contributed by atoms with van der Waals surface area (Å²) < 4.78 is 13.9. The van der Waals surface area contributed by atoms with E-state index in [9.17, 15) is 4.39 Å². The molecule has 5 heteroatoms. The molecule has 19 heavy (non-hydrogen) atoms. The van der Waals surface area contributed by atoms with Gasteiger partial charge in [0.15, 0.2) is 0 Å². The molecular formula is C14H11BrCl2FN. The lowest BCUT2D eigenvalue weighted by Crippen LogP contribution is -2.02. The van der Waals surface area contributed by atoms with Crippen LogP contribution in [0.25, 0.3) is 0 Å². The number of benzene rings is 2. The molecule has 0 aliphatic rings. The molecule has 2 rings (SSSR count). The Labute approximate surface area is 129 Å². The standard InChI is InChI=1S/C14H11BrCl2FN/c1-8-4-11(15)13(18)6-14(8)19-7-9-2-3-10(16)5-12(9)17/h2-6,19H,7H2,1H3.